The van der Waals surface area contributed by atoms with Crippen molar-refractivity contribution in [1.29, 1.82) is 0 Å². The van der Waals surface area contributed by atoms with E-state index in [4.69, 9.17) is 22.1 Å². The lowest BCUT2D eigenvalue weighted by Gasteiger charge is -2.22. The fraction of sp³-hybridized carbons (Fsp3) is 0.462. The number of nitrogens with zero attached hydrogens (tertiary/aromatic N) is 2. The van der Waals surface area contributed by atoms with Gasteiger partial charge in [-0.05, 0) is 31.5 Å². The number of hydrogen-bond donors (Lipinski definition) is 1. The van der Waals surface area contributed by atoms with Crippen molar-refractivity contribution in [2.75, 3.05) is 13.2 Å². The van der Waals surface area contributed by atoms with Gasteiger partial charge in [-0.1, -0.05) is 11.6 Å². The first-order chi connectivity index (χ1) is 8.64. The molecule has 18 heavy (non-hydrogen) atoms. The molecule has 1 fully saturated rings. The van der Waals surface area contributed by atoms with Crippen molar-refractivity contribution in [3.05, 3.63) is 29.0 Å². The Hall–Kier alpha value is -1.10. The maximum Gasteiger partial charge on any atom is 0.132 e. The highest BCUT2D eigenvalue weighted by molar-refractivity contribution is 6.31. The molecule has 0 spiro atoms. The van der Waals surface area contributed by atoms with Gasteiger partial charge >= 0.3 is 0 Å². The Morgan fingerprint density at radius 3 is 3.06 bits per heavy atom. The van der Waals surface area contributed by atoms with Crippen molar-refractivity contribution in [2.24, 2.45) is 5.73 Å². The number of aryl methyl sites for hydroxylation is 1. The van der Waals surface area contributed by atoms with Crippen LogP contribution in [-0.4, -0.2) is 22.8 Å². The predicted molar refractivity (Wildman–Crippen MR) is 71.7 cm³/mol. The van der Waals surface area contributed by atoms with Crippen molar-refractivity contribution in [2.45, 2.75) is 25.4 Å². The standard InChI is InChI=1S/C13H16ClN3O/c1-2-17-11-7-9(14)3-4-10(11)16-12(17)13(15)5-6-18-8-13/h3-4,7H,2,5-6,8,15H2,1H3. The molecule has 1 unspecified atom stereocenters. The summed E-state index contributed by atoms with van der Waals surface area (Å²) in [5.41, 5.74) is 7.92. The summed E-state index contributed by atoms with van der Waals surface area (Å²) in [5.74, 6) is 0.903. The third kappa shape index (κ3) is 1.72. The molecule has 1 aromatic heterocycles. The maximum absolute atomic E-state index is 6.42. The molecule has 5 heteroatoms. The Balaban J connectivity index is 2.23. The Bertz CT molecular complexity index is 587. The minimum Gasteiger partial charge on any atom is -0.379 e. The van der Waals surface area contributed by atoms with Gasteiger partial charge in [-0.2, -0.15) is 0 Å². The zero-order valence-corrected chi connectivity index (χ0v) is 11.1. The SMILES string of the molecule is CCn1c(C2(N)CCOC2)nc2ccc(Cl)cc21. The lowest BCUT2D eigenvalue weighted by molar-refractivity contribution is 0.175. The normalized spacial score (nSPS) is 23.9. The number of rotatable bonds is 2. The van der Waals surface area contributed by atoms with Crippen LogP contribution in [0.15, 0.2) is 18.2 Å². The molecule has 1 aliphatic rings. The van der Waals surface area contributed by atoms with E-state index in [1.807, 2.05) is 18.2 Å². The van der Waals surface area contributed by atoms with Crippen LogP contribution in [0.2, 0.25) is 5.02 Å². The highest BCUT2D eigenvalue weighted by atomic mass is 35.5. The zero-order chi connectivity index (χ0) is 12.8. The van der Waals surface area contributed by atoms with E-state index in [9.17, 15) is 0 Å². The van der Waals surface area contributed by atoms with Crippen molar-refractivity contribution in [1.82, 2.24) is 9.55 Å². The number of imidazole rings is 1. The molecule has 0 aliphatic carbocycles. The molecule has 0 saturated carbocycles. The summed E-state index contributed by atoms with van der Waals surface area (Å²) in [7, 11) is 0. The van der Waals surface area contributed by atoms with Crippen LogP contribution in [0.1, 0.15) is 19.2 Å². The fourth-order valence-electron chi connectivity index (χ4n) is 2.55. The monoisotopic (exact) mass is 265 g/mol. The average molecular weight is 266 g/mol. The summed E-state index contributed by atoms with van der Waals surface area (Å²) in [5, 5.41) is 0.720. The Morgan fingerprint density at radius 2 is 2.39 bits per heavy atom. The first-order valence-electron chi connectivity index (χ1n) is 6.17. The van der Waals surface area contributed by atoms with Gasteiger partial charge in [0.2, 0.25) is 0 Å². The number of benzene rings is 1. The molecule has 1 aliphatic heterocycles. The van der Waals surface area contributed by atoms with E-state index in [-0.39, 0.29) is 0 Å². The minimum absolute atomic E-state index is 0.471. The highest BCUT2D eigenvalue weighted by Crippen LogP contribution is 2.30. The smallest absolute Gasteiger partial charge is 0.132 e. The van der Waals surface area contributed by atoms with E-state index >= 15 is 0 Å². The quantitative estimate of drug-likeness (QED) is 0.906. The van der Waals surface area contributed by atoms with Gasteiger partial charge in [-0.3, -0.25) is 0 Å². The summed E-state index contributed by atoms with van der Waals surface area (Å²) in [6.07, 6.45) is 0.810. The van der Waals surface area contributed by atoms with Crippen LogP contribution in [0, 0.1) is 0 Å². The van der Waals surface area contributed by atoms with Gasteiger partial charge in [-0.15, -0.1) is 0 Å². The van der Waals surface area contributed by atoms with Crippen molar-refractivity contribution in [3.63, 3.8) is 0 Å². The predicted octanol–water partition coefficient (Wildman–Crippen LogP) is 2.28. The molecule has 3 rings (SSSR count). The molecule has 2 heterocycles. The van der Waals surface area contributed by atoms with Gasteiger partial charge in [0.1, 0.15) is 11.4 Å². The van der Waals surface area contributed by atoms with Gasteiger partial charge in [0, 0.05) is 18.2 Å². The summed E-state index contributed by atoms with van der Waals surface area (Å²) in [6, 6.07) is 5.73. The second-order valence-electron chi connectivity index (χ2n) is 4.77. The minimum atomic E-state index is -0.471. The highest BCUT2D eigenvalue weighted by Gasteiger charge is 2.37. The second-order valence-corrected chi connectivity index (χ2v) is 5.21. The largest absolute Gasteiger partial charge is 0.379 e. The zero-order valence-electron chi connectivity index (χ0n) is 10.3. The van der Waals surface area contributed by atoms with Crippen LogP contribution >= 0.6 is 11.6 Å². The summed E-state index contributed by atoms with van der Waals surface area (Å²) >= 11 is 6.05. The Kier molecular flexibility index (Phi) is 2.81. The van der Waals surface area contributed by atoms with E-state index in [2.05, 4.69) is 16.5 Å². The van der Waals surface area contributed by atoms with Gasteiger partial charge in [0.25, 0.3) is 0 Å². The number of fused-ring (bicyclic) bond motifs is 1. The molecule has 2 aromatic rings. The van der Waals surface area contributed by atoms with Gasteiger partial charge in [-0.25, -0.2) is 4.98 Å². The molecule has 1 atom stereocenters. The molecule has 1 saturated heterocycles. The van der Waals surface area contributed by atoms with Crippen molar-refractivity contribution >= 4 is 22.6 Å². The van der Waals surface area contributed by atoms with Gasteiger partial charge < -0.3 is 15.0 Å². The van der Waals surface area contributed by atoms with E-state index in [1.54, 1.807) is 0 Å². The number of aromatic nitrogens is 2. The van der Waals surface area contributed by atoms with E-state index in [0.717, 1.165) is 34.8 Å². The molecular weight excluding hydrogens is 250 g/mol. The molecule has 0 amide bonds. The van der Waals surface area contributed by atoms with Crippen LogP contribution in [0.25, 0.3) is 11.0 Å². The fourth-order valence-corrected chi connectivity index (χ4v) is 2.72. The summed E-state index contributed by atoms with van der Waals surface area (Å²) in [6.45, 7) is 4.14. The van der Waals surface area contributed by atoms with Crippen LogP contribution in [-0.2, 0) is 16.8 Å². The van der Waals surface area contributed by atoms with Crippen molar-refractivity contribution in [3.8, 4) is 0 Å². The van der Waals surface area contributed by atoms with E-state index < -0.39 is 5.54 Å². The summed E-state index contributed by atoms with van der Waals surface area (Å²) in [4.78, 5) is 4.68. The van der Waals surface area contributed by atoms with Crippen LogP contribution in [0.4, 0.5) is 0 Å². The Labute approximate surface area is 111 Å². The van der Waals surface area contributed by atoms with Crippen molar-refractivity contribution < 1.29 is 4.74 Å². The molecule has 1 aromatic carbocycles. The lowest BCUT2D eigenvalue weighted by atomic mass is 9.99. The number of ether oxygens (including phenoxy) is 1. The molecule has 0 bridgehead atoms. The van der Waals surface area contributed by atoms with Gasteiger partial charge in [0.15, 0.2) is 0 Å². The van der Waals surface area contributed by atoms with Gasteiger partial charge in [0.05, 0.1) is 17.6 Å². The van der Waals surface area contributed by atoms with Crippen LogP contribution in [0.5, 0.6) is 0 Å². The second kappa shape index (κ2) is 4.23. The third-order valence-electron chi connectivity index (χ3n) is 3.52. The summed E-state index contributed by atoms with van der Waals surface area (Å²) < 4.78 is 7.56. The molecular formula is C13H16ClN3O. The Morgan fingerprint density at radius 1 is 1.56 bits per heavy atom. The number of halogens is 1. The number of hydrogen-bond acceptors (Lipinski definition) is 3. The topological polar surface area (TPSA) is 53.1 Å². The van der Waals surface area contributed by atoms with Crippen LogP contribution < -0.4 is 5.73 Å². The third-order valence-corrected chi connectivity index (χ3v) is 3.76. The molecule has 0 radical (unpaired) electrons. The van der Waals surface area contributed by atoms with E-state index in [0.29, 0.717) is 13.2 Å². The maximum atomic E-state index is 6.42. The molecule has 96 valence electrons. The number of nitrogens with two attached hydrogens (primary N) is 1. The molecule has 2 N–H and O–H groups in total. The average Bonchev–Trinajstić information content (AvgIpc) is 2.93. The van der Waals surface area contributed by atoms with Crippen LogP contribution in [0.3, 0.4) is 0 Å². The molecule has 4 nitrogen and oxygen atoms in total. The first kappa shape index (κ1) is 12.0. The van der Waals surface area contributed by atoms with E-state index in [1.165, 1.54) is 0 Å². The lowest BCUT2D eigenvalue weighted by Crippen LogP contribution is -2.40. The first-order valence-corrected chi connectivity index (χ1v) is 6.55.